The highest BCUT2D eigenvalue weighted by molar-refractivity contribution is 5.92. The molecule has 10 heteroatoms. The van der Waals surface area contributed by atoms with Gasteiger partial charge < -0.3 is 23.9 Å². The lowest BCUT2D eigenvalue weighted by Gasteiger charge is -2.27. The average Bonchev–Trinajstić information content (AvgIpc) is 3.63. The first kappa shape index (κ1) is 27.6. The molecule has 44 heavy (non-hydrogen) atoms. The zero-order valence-corrected chi connectivity index (χ0v) is 23.6. The molecule has 2 aliphatic rings. The Labute approximate surface area is 252 Å². The van der Waals surface area contributed by atoms with Crippen molar-refractivity contribution in [1.29, 1.82) is 5.26 Å². The maximum Gasteiger partial charge on any atom is 0.335 e. The third-order valence-electron chi connectivity index (χ3n) is 8.10. The van der Waals surface area contributed by atoms with Gasteiger partial charge in [0, 0.05) is 47.8 Å². The number of carboxylic acids is 1. The van der Waals surface area contributed by atoms with Gasteiger partial charge in [0.2, 0.25) is 5.88 Å². The standard InChI is InChI=1S/C34H27FN4O5/c35-27-14-20(17-36)4-5-23(27)19-44-32-3-1-2-28(38-32)25-8-6-21(33-26(25)11-13-43-33)16-31-37-29-9-7-22(34(40)41)15-30(29)39(31)18-24-10-12-42-24/h1-9,14-15,24H,10-13,16,18-19H2,(H,40,41)/t24-/m0/s1. The molecule has 0 amide bonds. The van der Waals surface area contributed by atoms with Crippen molar-refractivity contribution in [2.24, 2.45) is 0 Å². The Morgan fingerprint density at radius 2 is 1.95 bits per heavy atom. The molecule has 0 bridgehead atoms. The monoisotopic (exact) mass is 590 g/mol. The van der Waals surface area contributed by atoms with Gasteiger partial charge in [-0.1, -0.05) is 24.3 Å². The second-order valence-corrected chi connectivity index (χ2v) is 10.9. The van der Waals surface area contributed by atoms with E-state index in [1.165, 1.54) is 6.07 Å². The van der Waals surface area contributed by atoms with Crippen LogP contribution in [-0.2, 0) is 30.7 Å². The molecule has 2 aliphatic heterocycles. The second kappa shape index (κ2) is 11.4. The number of pyridine rings is 1. The Balaban J connectivity index is 1.17. The highest BCUT2D eigenvalue weighted by Gasteiger charge is 2.26. The summed E-state index contributed by atoms with van der Waals surface area (Å²) in [5.74, 6) is 0.497. The van der Waals surface area contributed by atoms with Gasteiger partial charge in [0.05, 0.1) is 53.2 Å². The van der Waals surface area contributed by atoms with E-state index in [-0.39, 0.29) is 23.8 Å². The summed E-state index contributed by atoms with van der Waals surface area (Å²) in [4.78, 5) is 21.3. The van der Waals surface area contributed by atoms with Crippen molar-refractivity contribution in [3.05, 3.63) is 106 Å². The van der Waals surface area contributed by atoms with Gasteiger partial charge in [0.15, 0.2) is 0 Å². The Morgan fingerprint density at radius 1 is 1.09 bits per heavy atom. The Bertz CT molecular complexity index is 1960. The van der Waals surface area contributed by atoms with Crippen LogP contribution in [-0.4, -0.2) is 44.9 Å². The van der Waals surface area contributed by atoms with Gasteiger partial charge >= 0.3 is 5.97 Å². The molecule has 0 radical (unpaired) electrons. The Morgan fingerprint density at radius 3 is 2.73 bits per heavy atom. The number of ether oxygens (including phenoxy) is 3. The molecule has 0 unspecified atom stereocenters. The summed E-state index contributed by atoms with van der Waals surface area (Å²) in [5, 5.41) is 18.5. The van der Waals surface area contributed by atoms with Crippen LogP contribution in [0, 0.1) is 17.1 Å². The molecule has 9 nitrogen and oxygen atoms in total. The van der Waals surface area contributed by atoms with E-state index in [1.54, 1.807) is 36.4 Å². The number of nitriles is 1. The molecule has 220 valence electrons. The van der Waals surface area contributed by atoms with Gasteiger partial charge in [0.25, 0.3) is 0 Å². The smallest absolute Gasteiger partial charge is 0.335 e. The van der Waals surface area contributed by atoms with Crippen LogP contribution in [0.5, 0.6) is 11.6 Å². The molecule has 2 aromatic heterocycles. The number of halogens is 1. The molecule has 4 heterocycles. The molecule has 7 rings (SSSR count). The van der Waals surface area contributed by atoms with Crippen molar-refractivity contribution < 1.29 is 28.5 Å². The maximum atomic E-state index is 14.3. The van der Waals surface area contributed by atoms with Crippen LogP contribution >= 0.6 is 0 Å². The molecular weight excluding hydrogens is 563 g/mol. The largest absolute Gasteiger partial charge is 0.493 e. The molecule has 1 saturated heterocycles. The van der Waals surface area contributed by atoms with Crippen LogP contribution in [0.1, 0.15) is 44.9 Å². The number of hydrogen-bond donors (Lipinski definition) is 1. The van der Waals surface area contributed by atoms with E-state index in [2.05, 4.69) is 4.57 Å². The van der Waals surface area contributed by atoms with Crippen LogP contribution < -0.4 is 9.47 Å². The van der Waals surface area contributed by atoms with E-state index in [4.69, 9.17) is 29.4 Å². The third-order valence-corrected chi connectivity index (χ3v) is 8.10. The predicted octanol–water partition coefficient (Wildman–Crippen LogP) is 5.70. The summed E-state index contributed by atoms with van der Waals surface area (Å²) >= 11 is 0. The third kappa shape index (κ3) is 5.23. The van der Waals surface area contributed by atoms with Crippen LogP contribution in [0.25, 0.3) is 22.3 Å². The van der Waals surface area contributed by atoms with Gasteiger partial charge in [0.1, 0.15) is 24.0 Å². The number of aromatic nitrogens is 3. The van der Waals surface area contributed by atoms with Gasteiger partial charge in [-0.05, 0) is 42.8 Å². The van der Waals surface area contributed by atoms with E-state index in [0.717, 1.165) is 58.7 Å². The SMILES string of the molecule is N#Cc1ccc(COc2cccc(-c3ccc(Cc4nc5ccc(C(=O)O)cc5n4C[C@@H]4CCO4)c4c3CCO4)n2)c(F)c1. The summed E-state index contributed by atoms with van der Waals surface area (Å²) in [5.41, 5.74) is 5.98. The zero-order chi connectivity index (χ0) is 30.2. The van der Waals surface area contributed by atoms with Crippen LogP contribution in [0.4, 0.5) is 4.39 Å². The van der Waals surface area contributed by atoms with Crippen LogP contribution in [0.3, 0.4) is 0 Å². The number of rotatable bonds is 9. The van der Waals surface area contributed by atoms with Crippen LogP contribution in [0.2, 0.25) is 0 Å². The summed E-state index contributed by atoms with van der Waals surface area (Å²) in [6.07, 6.45) is 2.23. The van der Waals surface area contributed by atoms with Crippen molar-refractivity contribution in [2.45, 2.75) is 38.5 Å². The minimum Gasteiger partial charge on any atom is -0.493 e. The Kier molecular flexibility index (Phi) is 7.16. The fourth-order valence-corrected chi connectivity index (χ4v) is 5.72. The molecule has 1 atom stereocenters. The molecular formula is C34H27FN4O5. The highest BCUT2D eigenvalue weighted by atomic mass is 19.1. The summed E-state index contributed by atoms with van der Waals surface area (Å²) < 4.78 is 34.1. The van der Waals surface area contributed by atoms with E-state index >= 15 is 0 Å². The number of fused-ring (bicyclic) bond motifs is 2. The lowest BCUT2D eigenvalue weighted by atomic mass is 9.97. The summed E-state index contributed by atoms with van der Waals surface area (Å²) in [6, 6.07) is 20.7. The fourth-order valence-electron chi connectivity index (χ4n) is 5.72. The molecule has 1 fully saturated rings. The van der Waals surface area contributed by atoms with Gasteiger partial charge in [-0.3, -0.25) is 0 Å². The molecule has 1 N–H and O–H groups in total. The molecule has 0 spiro atoms. The first-order valence-electron chi connectivity index (χ1n) is 14.4. The highest BCUT2D eigenvalue weighted by Crippen LogP contribution is 2.39. The van der Waals surface area contributed by atoms with Crippen molar-refractivity contribution in [2.75, 3.05) is 13.2 Å². The predicted molar refractivity (Wildman–Crippen MR) is 158 cm³/mol. The number of carboxylic acid groups (broad SMARTS) is 1. The first-order chi connectivity index (χ1) is 21.5. The van der Waals surface area contributed by atoms with Crippen molar-refractivity contribution in [3.63, 3.8) is 0 Å². The normalized spacial score (nSPS) is 15.3. The lowest BCUT2D eigenvalue weighted by Crippen LogP contribution is -2.31. The Hall–Kier alpha value is -5.27. The zero-order valence-electron chi connectivity index (χ0n) is 23.6. The van der Waals surface area contributed by atoms with E-state index in [9.17, 15) is 14.3 Å². The summed E-state index contributed by atoms with van der Waals surface area (Å²) in [7, 11) is 0. The number of benzene rings is 3. The van der Waals surface area contributed by atoms with Crippen molar-refractivity contribution >= 4 is 17.0 Å². The quantitative estimate of drug-likeness (QED) is 0.232. The van der Waals surface area contributed by atoms with Gasteiger partial charge in [-0.15, -0.1) is 0 Å². The topological polar surface area (TPSA) is 119 Å². The van der Waals surface area contributed by atoms with E-state index < -0.39 is 11.8 Å². The maximum absolute atomic E-state index is 14.3. The van der Waals surface area contributed by atoms with Gasteiger partial charge in [-0.25, -0.2) is 19.2 Å². The molecule has 0 aliphatic carbocycles. The van der Waals surface area contributed by atoms with E-state index in [1.807, 2.05) is 30.3 Å². The lowest BCUT2D eigenvalue weighted by molar-refractivity contribution is -0.0589. The molecule has 0 saturated carbocycles. The van der Waals surface area contributed by atoms with Crippen LogP contribution in [0.15, 0.2) is 66.7 Å². The fraction of sp³-hybridized carbons (Fsp3) is 0.235. The minimum absolute atomic E-state index is 0.0188. The summed E-state index contributed by atoms with van der Waals surface area (Å²) in [6.45, 7) is 1.85. The molecule has 3 aromatic carbocycles. The number of carbonyl (C=O) groups is 1. The van der Waals surface area contributed by atoms with Gasteiger partial charge in [-0.2, -0.15) is 5.26 Å². The average molecular weight is 591 g/mol. The van der Waals surface area contributed by atoms with Crippen molar-refractivity contribution in [3.8, 4) is 29.0 Å². The van der Waals surface area contributed by atoms with E-state index in [0.29, 0.717) is 36.7 Å². The first-order valence-corrected chi connectivity index (χ1v) is 14.4. The number of nitrogens with zero attached hydrogens (tertiary/aromatic N) is 4. The minimum atomic E-state index is -0.979. The number of imidazole rings is 1. The number of aromatic carboxylic acids is 1. The van der Waals surface area contributed by atoms with Crippen molar-refractivity contribution in [1.82, 2.24) is 14.5 Å². The molecule has 5 aromatic rings. The number of hydrogen-bond acceptors (Lipinski definition) is 7. The second-order valence-electron chi connectivity index (χ2n) is 10.9.